The van der Waals surface area contributed by atoms with Crippen LogP contribution >= 0.6 is 11.3 Å². The van der Waals surface area contributed by atoms with Crippen molar-refractivity contribution < 1.29 is 0 Å². The van der Waals surface area contributed by atoms with Crippen LogP contribution in [0.1, 0.15) is 22.3 Å². The van der Waals surface area contributed by atoms with Crippen molar-refractivity contribution in [3.63, 3.8) is 0 Å². The highest BCUT2D eigenvalue weighted by Gasteiger charge is 2.46. The van der Waals surface area contributed by atoms with E-state index in [4.69, 9.17) is 4.98 Å². The van der Waals surface area contributed by atoms with Crippen molar-refractivity contribution in [3.05, 3.63) is 289 Å². The van der Waals surface area contributed by atoms with Crippen LogP contribution in [0.5, 0.6) is 0 Å². The molecule has 0 saturated heterocycles. The largest absolute Gasteiger partial charge is 0.291 e. The second kappa shape index (κ2) is 16.3. The number of pyridine rings is 1. The lowest BCUT2D eigenvalue weighted by Crippen LogP contribution is -2.28. The number of rotatable bonds is 6. The Morgan fingerprint density at radius 1 is 0.347 bits per heavy atom. The van der Waals surface area contributed by atoms with Gasteiger partial charge < -0.3 is 0 Å². The van der Waals surface area contributed by atoms with E-state index >= 15 is 0 Å². The third-order valence-electron chi connectivity index (χ3n) is 16.2. The van der Waals surface area contributed by atoms with Gasteiger partial charge in [-0.05, 0) is 135 Å². The summed E-state index contributed by atoms with van der Waals surface area (Å²) in [5, 5.41) is 9.90. The first kappa shape index (κ1) is 42.1. The molecular weight excluding hydrogens is 925 g/mol. The molecule has 0 bridgehead atoms. The summed E-state index contributed by atoms with van der Waals surface area (Å²) in [4.78, 5) is 5.42. The predicted molar refractivity (Wildman–Crippen MR) is 317 cm³/mol. The van der Waals surface area contributed by atoms with Gasteiger partial charge in [-0.25, -0.2) is 4.98 Å². The fourth-order valence-electron chi connectivity index (χ4n) is 12.9. The summed E-state index contributed by atoms with van der Waals surface area (Å²) in [5.41, 5.74) is 20.0. The highest BCUT2D eigenvalue weighted by Crippen LogP contribution is 2.58. The average molecular weight is 969 g/mol. The van der Waals surface area contributed by atoms with Gasteiger partial charge in [-0.2, -0.15) is 0 Å². The van der Waals surface area contributed by atoms with E-state index < -0.39 is 5.41 Å². The Bertz CT molecular complexity index is 4760. The lowest BCUT2D eigenvalue weighted by Gasteiger charge is -2.34. The molecule has 0 unspecified atom stereocenters. The molecule has 1 aliphatic rings. The van der Waals surface area contributed by atoms with E-state index in [1.807, 2.05) is 11.3 Å². The van der Waals surface area contributed by atoms with E-state index in [-0.39, 0.29) is 0 Å². The van der Waals surface area contributed by atoms with Gasteiger partial charge in [0.1, 0.15) is 0 Å². The minimum atomic E-state index is -0.438. The molecule has 12 aromatic carbocycles. The van der Waals surface area contributed by atoms with Crippen molar-refractivity contribution in [2.24, 2.45) is 0 Å². The van der Waals surface area contributed by atoms with Crippen LogP contribution in [0.2, 0.25) is 0 Å². The van der Waals surface area contributed by atoms with Crippen molar-refractivity contribution >= 4 is 80.5 Å². The molecule has 0 N–H and O–H groups in total. The number of aromatic nitrogens is 2. The van der Waals surface area contributed by atoms with Crippen LogP contribution in [-0.4, -0.2) is 9.38 Å². The van der Waals surface area contributed by atoms with Gasteiger partial charge in [0.15, 0.2) is 5.65 Å². The number of benzene rings is 12. The van der Waals surface area contributed by atoms with Crippen LogP contribution in [0.4, 0.5) is 0 Å². The maximum atomic E-state index is 5.42. The summed E-state index contributed by atoms with van der Waals surface area (Å²) in [6.07, 6.45) is 0. The molecule has 0 radical (unpaired) electrons. The Morgan fingerprint density at radius 2 is 0.853 bits per heavy atom. The van der Waals surface area contributed by atoms with Crippen LogP contribution in [0.25, 0.3) is 125 Å². The quantitative estimate of drug-likeness (QED) is 0.162. The molecule has 0 saturated carbocycles. The number of nitrogens with zero attached hydrogens (tertiary/aromatic N) is 2. The van der Waals surface area contributed by atoms with Crippen LogP contribution in [0.3, 0.4) is 0 Å². The summed E-state index contributed by atoms with van der Waals surface area (Å²) in [5.74, 6) is 0. The Hall–Kier alpha value is -9.41. The highest BCUT2D eigenvalue weighted by atomic mass is 32.1. The molecule has 0 atom stereocenters. The first-order chi connectivity index (χ1) is 37.2. The molecular formula is C72H44N2S. The minimum absolute atomic E-state index is 0.438. The summed E-state index contributed by atoms with van der Waals surface area (Å²) in [7, 11) is 0. The summed E-state index contributed by atoms with van der Waals surface area (Å²) in [6.45, 7) is 0. The smallest absolute Gasteiger partial charge is 0.156 e. The number of fused-ring (bicyclic) bond motifs is 13. The predicted octanol–water partition coefficient (Wildman–Crippen LogP) is 19.3. The minimum Gasteiger partial charge on any atom is -0.291 e. The summed E-state index contributed by atoms with van der Waals surface area (Å²) in [6, 6.07) is 99.0. The van der Waals surface area contributed by atoms with Crippen molar-refractivity contribution in [1.29, 1.82) is 0 Å². The van der Waals surface area contributed by atoms with Gasteiger partial charge in [-0.15, -0.1) is 11.3 Å². The molecule has 75 heavy (non-hydrogen) atoms. The fourth-order valence-corrected chi connectivity index (χ4v) is 14.1. The molecule has 15 aromatic rings. The maximum Gasteiger partial charge on any atom is 0.156 e. The maximum absolute atomic E-state index is 5.42. The Labute approximate surface area is 437 Å². The van der Waals surface area contributed by atoms with Gasteiger partial charge in [0.2, 0.25) is 0 Å². The van der Waals surface area contributed by atoms with Gasteiger partial charge in [0.25, 0.3) is 0 Å². The molecule has 2 nitrogen and oxygen atoms in total. The molecule has 3 heterocycles. The average Bonchev–Trinajstić information content (AvgIpc) is 4.26. The van der Waals surface area contributed by atoms with Gasteiger partial charge in [-0.3, -0.25) is 4.40 Å². The molecule has 348 valence electrons. The zero-order valence-electron chi connectivity index (χ0n) is 40.7. The lowest BCUT2D eigenvalue weighted by molar-refractivity contribution is 0.768. The van der Waals surface area contributed by atoms with Crippen LogP contribution in [-0.2, 0) is 5.41 Å². The Balaban J connectivity index is 0.793. The first-order valence-corrected chi connectivity index (χ1v) is 26.7. The molecule has 0 fully saturated rings. The number of hydrogen-bond donors (Lipinski definition) is 0. The van der Waals surface area contributed by atoms with Crippen molar-refractivity contribution in [3.8, 4) is 55.8 Å². The molecule has 0 spiro atoms. The van der Waals surface area contributed by atoms with Gasteiger partial charge in [0.05, 0.1) is 26.8 Å². The molecule has 0 amide bonds. The molecule has 3 aromatic heterocycles. The second-order valence-corrected chi connectivity index (χ2v) is 21.2. The van der Waals surface area contributed by atoms with E-state index in [9.17, 15) is 0 Å². The van der Waals surface area contributed by atoms with Gasteiger partial charge in [-0.1, -0.05) is 237 Å². The van der Waals surface area contributed by atoms with Crippen LogP contribution in [0.15, 0.2) is 267 Å². The monoisotopic (exact) mass is 968 g/mol. The van der Waals surface area contributed by atoms with Crippen LogP contribution in [0, 0.1) is 0 Å². The van der Waals surface area contributed by atoms with Crippen molar-refractivity contribution in [2.75, 3.05) is 0 Å². The Morgan fingerprint density at radius 3 is 1.51 bits per heavy atom. The topological polar surface area (TPSA) is 17.3 Å². The highest BCUT2D eigenvalue weighted by molar-refractivity contribution is 7.26. The molecule has 0 aliphatic heterocycles. The zero-order valence-corrected chi connectivity index (χ0v) is 41.5. The third kappa shape index (κ3) is 6.23. The lowest BCUT2D eigenvalue weighted by atomic mass is 9.67. The van der Waals surface area contributed by atoms with E-state index in [0.29, 0.717) is 0 Å². The first-order valence-electron chi connectivity index (χ1n) is 25.8. The molecule has 1 aliphatic carbocycles. The fraction of sp³-hybridized carbons (Fsp3) is 0.0139. The third-order valence-corrected chi connectivity index (χ3v) is 17.4. The molecule has 16 rings (SSSR count). The van der Waals surface area contributed by atoms with Crippen molar-refractivity contribution in [2.45, 2.75) is 5.41 Å². The standard InChI is InChI=1S/C72H44N2S/c1-3-20-53(21-4-1)72(54-22-5-2-6-23-54)63-28-14-13-26-60(63)69-57(27-15-29-64(69)72)47-32-30-45(31-33-47)55-38-39-56(59-25-12-11-24-58(55)59)46-34-36-48(37-35-46)66-44-62-61-40-49-16-7-10-19-52(49)43-68(61)75-70(62)71-73-65-41-50-17-8-9-18-51(50)42-67(65)74(66)71/h1-44H. The zero-order chi connectivity index (χ0) is 49.2. The van der Waals surface area contributed by atoms with Crippen LogP contribution < -0.4 is 0 Å². The Kier molecular flexibility index (Phi) is 9.16. The second-order valence-electron chi connectivity index (χ2n) is 20.1. The summed E-state index contributed by atoms with van der Waals surface area (Å²) < 4.78 is 4.89. The number of hydrogen-bond acceptors (Lipinski definition) is 2. The normalized spacial score (nSPS) is 12.9. The van der Waals surface area contributed by atoms with E-state index in [0.717, 1.165) is 27.9 Å². The van der Waals surface area contributed by atoms with E-state index in [1.165, 1.54) is 119 Å². The van der Waals surface area contributed by atoms with E-state index in [2.05, 4.69) is 271 Å². The van der Waals surface area contributed by atoms with Gasteiger partial charge in [0, 0.05) is 15.5 Å². The van der Waals surface area contributed by atoms with Crippen molar-refractivity contribution in [1.82, 2.24) is 9.38 Å². The van der Waals surface area contributed by atoms with E-state index in [1.54, 1.807) is 0 Å². The van der Waals surface area contributed by atoms with Gasteiger partial charge >= 0.3 is 0 Å². The number of imidazole rings is 1. The number of thiophene rings is 1. The SMILES string of the molecule is c1ccc(C2(c3ccccc3)c3ccccc3-c3c(-c4ccc(-c5ccc(-c6ccc(-c7cc8c9cc%10ccccc%10cc9sc8c8nc9cc%10ccccc%10cc9n78)cc6)c6ccccc56)cc4)cccc32)cc1. The molecule has 3 heteroatoms. The summed E-state index contributed by atoms with van der Waals surface area (Å²) >= 11 is 1.85.